The highest BCUT2D eigenvalue weighted by molar-refractivity contribution is 5.93. The molecule has 3 heterocycles. The Hall–Kier alpha value is -3.61. The van der Waals surface area contributed by atoms with Crippen molar-refractivity contribution < 1.29 is 19.1 Å². The number of unbranched alkanes of at least 4 members (excludes halogenated alkanes) is 6. The summed E-state index contributed by atoms with van der Waals surface area (Å²) >= 11 is 0. The second-order valence-electron chi connectivity index (χ2n) is 9.17. The Morgan fingerprint density at radius 1 is 0.649 bits per heavy atom. The van der Waals surface area contributed by atoms with Gasteiger partial charge in [0.25, 0.3) is 0 Å². The molecule has 0 amide bonds. The first kappa shape index (κ1) is 28.0. The quantitative estimate of drug-likeness (QED) is 0.173. The van der Waals surface area contributed by atoms with E-state index >= 15 is 0 Å². The molecule has 7 nitrogen and oxygen atoms in total. The number of ether oxygens (including phenoxy) is 2. The molecule has 0 aliphatic heterocycles. The van der Waals surface area contributed by atoms with E-state index in [0.29, 0.717) is 47.1 Å². The van der Waals surface area contributed by atoms with E-state index in [2.05, 4.69) is 23.8 Å². The van der Waals surface area contributed by atoms with Crippen LogP contribution >= 0.6 is 0 Å². The van der Waals surface area contributed by atoms with Gasteiger partial charge in [0.1, 0.15) is 0 Å². The summed E-state index contributed by atoms with van der Waals surface area (Å²) in [4.78, 5) is 39.1. The summed E-state index contributed by atoms with van der Waals surface area (Å²) in [5, 5.41) is 0. The Kier molecular flexibility index (Phi) is 11.2. The van der Waals surface area contributed by atoms with E-state index in [-0.39, 0.29) is 0 Å². The van der Waals surface area contributed by atoms with Crippen LogP contribution in [-0.2, 0) is 9.47 Å². The summed E-state index contributed by atoms with van der Waals surface area (Å²) in [6.07, 6.45) is 11.5. The molecule has 7 heteroatoms. The van der Waals surface area contributed by atoms with Gasteiger partial charge in [-0.3, -0.25) is 9.97 Å². The Morgan fingerprint density at radius 3 is 1.73 bits per heavy atom. The van der Waals surface area contributed by atoms with E-state index < -0.39 is 11.9 Å². The molecule has 3 aromatic heterocycles. The lowest BCUT2D eigenvalue weighted by molar-refractivity contribution is 0.0488. The molecule has 196 valence electrons. The van der Waals surface area contributed by atoms with Crippen molar-refractivity contribution in [2.45, 2.75) is 72.1 Å². The molecule has 0 aliphatic rings. The van der Waals surface area contributed by atoms with Gasteiger partial charge < -0.3 is 9.47 Å². The number of nitrogens with zero attached hydrogens (tertiary/aromatic N) is 3. The van der Waals surface area contributed by atoms with Crippen molar-refractivity contribution >= 4 is 11.9 Å². The molecule has 0 saturated carbocycles. The van der Waals surface area contributed by atoms with Crippen molar-refractivity contribution in [1.29, 1.82) is 0 Å². The van der Waals surface area contributed by atoms with Crippen LogP contribution < -0.4 is 0 Å². The molecule has 0 fully saturated rings. The van der Waals surface area contributed by atoms with Crippen molar-refractivity contribution in [1.82, 2.24) is 15.0 Å². The third-order valence-corrected chi connectivity index (χ3v) is 5.96. The van der Waals surface area contributed by atoms with E-state index in [9.17, 15) is 9.59 Å². The summed E-state index contributed by atoms with van der Waals surface area (Å²) in [6, 6.07) is 10.4. The number of hydrogen-bond acceptors (Lipinski definition) is 7. The van der Waals surface area contributed by atoms with Crippen LogP contribution in [0.3, 0.4) is 0 Å². The normalized spacial score (nSPS) is 10.8. The van der Waals surface area contributed by atoms with Gasteiger partial charge in [-0.1, -0.05) is 52.4 Å². The van der Waals surface area contributed by atoms with Gasteiger partial charge in [0.2, 0.25) is 0 Å². The molecular weight excluding hydrogens is 466 g/mol. The number of rotatable bonds is 14. The number of pyridine rings is 3. The number of aromatic nitrogens is 3. The molecule has 0 N–H and O–H groups in total. The zero-order valence-electron chi connectivity index (χ0n) is 22.2. The summed E-state index contributed by atoms with van der Waals surface area (Å²) in [6.45, 7) is 7.01. The zero-order chi connectivity index (χ0) is 26.5. The minimum absolute atomic E-state index is 0.365. The molecule has 0 saturated heterocycles. The van der Waals surface area contributed by atoms with Crippen LogP contribution in [0.1, 0.15) is 91.5 Å². The lowest BCUT2D eigenvalue weighted by Gasteiger charge is -2.10. The molecule has 0 atom stereocenters. The SMILES string of the molecule is CCCCCCOC(=O)c1ccnc(-c2cc(C(=O)OCCCCCC)cc(-c3cc(C)ccn3)n2)c1. The van der Waals surface area contributed by atoms with Gasteiger partial charge in [-0.15, -0.1) is 0 Å². The smallest absolute Gasteiger partial charge is 0.338 e. The maximum absolute atomic E-state index is 12.9. The van der Waals surface area contributed by atoms with Crippen molar-refractivity contribution in [3.05, 3.63) is 65.5 Å². The van der Waals surface area contributed by atoms with Crippen LogP contribution in [0.5, 0.6) is 0 Å². The lowest BCUT2D eigenvalue weighted by Crippen LogP contribution is -2.09. The molecule has 0 bridgehead atoms. The minimum atomic E-state index is -0.420. The molecule has 0 radical (unpaired) electrons. The maximum atomic E-state index is 12.9. The fourth-order valence-corrected chi connectivity index (χ4v) is 3.84. The standard InChI is InChI=1S/C30H37N3O4/c1-4-6-8-10-16-36-29(34)23-13-15-32-26(19-23)28-21-24(30(35)37-17-11-9-7-5-2)20-27(33-28)25-18-22(3)12-14-31-25/h12-15,18-21H,4-11,16-17H2,1-3H3. The van der Waals surface area contributed by atoms with Crippen molar-refractivity contribution in [2.75, 3.05) is 13.2 Å². The first-order valence-electron chi connectivity index (χ1n) is 13.3. The van der Waals surface area contributed by atoms with Crippen LogP contribution in [0, 0.1) is 6.92 Å². The number of esters is 2. The third-order valence-electron chi connectivity index (χ3n) is 5.96. The maximum Gasteiger partial charge on any atom is 0.338 e. The molecule has 0 unspecified atom stereocenters. The predicted octanol–water partition coefficient (Wildman–Crippen LogP) is 6.99. The molecule has 3 rings (SSSR count). The average Bonchev–Trinajstić information content (AvgIpc) is 2.92. The minimum Gasteiger partial charge on any atom is -0.462 e. The van der Waals surface area contributed by atoms with Gasteiger partial charge in [-0.2, -0.15) is 0 Å². The second kappa shape index (κ2) is 14.8. The zero-order valence-corrected chi connectivity index (χ0v) is 22.2. The Balaban J connectivity index is 1.86. The van der Waals surface area contributed by atoms with Crippen LogP contribution in [-0.4, -0.2) is 40.1 Å². The highest BCUT2D eigenvalue weighted by Gasteiger charge is 2.16. The summed E-state index contributed by atoms with van der Waals surface area (Å²) in [7, 11) is 0. The number of hydrogen-bond donors (Lipinski definition) is 0. The number of carbonyl (C=O) groups excluding carboxylic acids is 2. The van der Waals surface area contributed by atoms with Crippen molar-refractivity contribution in [3.8, 4) is 22.8 Å². The summed E-state index contributed by atoms with van der Waals surface area (Å²) in [5.41, 5.74) is 3.87. The van der Waals surface area contributed by atoms with Crippen molar-refractivity contribution in [2.24, 2.45) is 0 Å². The van der Waals surface area contributed by atoms with Crippen LogP contribution in [0.2, 0.25) is 0 Å². The Morgan fingerprint density at radius 2 is 1.16 bits per heavy atom. The van der Waals surface area contributed by atoms with Gasteiger partial charge in [0, 0.05) is 12.4 Å². The fourth-order valence-electron chi connectivity index (χ4n) is 3.84. The number of aryl methyl sites for hydroxylation is 1. The molecule has 0 aliphatic carbocycles. The highest BCUT2D eigenvalue weighted by atomic mass is 16.5. The van der Waals surface area contributed by atoms with Crippen molar-refractivity contribution in [3.63, 3.8) is 0 Å². The van der Waals surface area contributed by atoms with Gasteiger partial charge in [0.05, 0.1) is 47.1 Å². The molecule has 0 spiro atoms. The van der Waals surface area contributed by atoms with Gasteiger partial charge >= 0.3 is 11.9 Å². The summed E-state index contributed by atoms with van der Waals surface area (Å²) in [5.74, 6) is -0.819. The Bertz CT molecular complexity index is 1180. The van der Waals surface area contributed by atoms with Crippen LogP contribution in [0.15, 0.2) is 48.8 Å². The van der Waals surface area contributed by atoms with Gasteiger partial charge in [0.15, 0.2) is 0 Å². The van der Waals surface area contributed by atoms with Gasteiger partial charge in [-0.25, -0.2) is 14.6 Å². The van der Waals surface area contributed by atoms with E-state index in [1.165, 1.54) is 0 Å². The molecule has 0 aromatic carbocycles. The molecule has 37 heavy (non-hydrogen) atoms. The first-order valence-corrected chi connectivity index (χ1v) is 13.3. The summed E-state index contributed by atoms with van der Waals surface area (Å²) < 4.78 is 11.0. The predicted molar refractivity (Wildman–Crippen MR) is 144 cm³/mol. The van der Waals surface area contributed by atoms with E-state index in [1.807, 2.05) is 19.1 Å². The highest BCUT2D eigenvalue weighted by Crippen LogP contribution is 2.24. The molecule has 3 aromatic rings. The van der Waals surface area contributed by atoms with Gasteiger partial charge in [-0.05, 0) is 61.7 Å². The topological polar surface area (TPSA) is 91.3 Å². The van der Waals surface area contributed by atoms with Crippen LogP contribution in [0.25, 0.3) is 22.8 Å². The monoisotopic (exact) mass is 503 g/mol. The molecular formula is C30H37N3O4. The van der Waals surface area contributed by atoms with E-state index in [0.717, 1.165) is 56.9 Å². The average molecular weight is 504 g/mol. The first-order chi connectivity index (χ1) is 18.0. The largest absolute Gasteiger partial charge is 0.462 e. The van der Waals surface area contributed by atoms with E-state index in [4.69, 9.17) is 14.5 Å². The third kappa shape index (κ3) is 8.77. The lowest BCUT2D eigenvalue weighted by atomic mass is 10.1. The number of carbonyl (C=O) groups is 2. The van der Waals surface area contributed by atoms with Crippen LogP contribution in [0.4, 0.5) is 0 Å². The second-order valence-corrected chi connectivity index (χ2v) is 9.17. The van der Waals surface area contributed by atoms with E-state index in [1.54, 1.807) is 36.7 Å². The fraction of sp³-hybridized carbons (Fsp3) is 0.433. The Labute approximate surface area is 219 Å².